The van der Waals surface area contributed by atoms with Crippen molar-refractivity contribution in [3.63, 3.8) is 0 Å². The number of hydrogen-bond donors (Lipinski definition) is 2. The van der Waals surface area contributed by atoms with E-state index in [4.69, 9.17) is 10.6 Å². The number of hydrogen-bond acceptors (Lipinski definition) is 6. The van der Waals surface area contributed by atoms with E-state index in [9.17, 15) is 19.1 Å². The van der Waals surface area contributed by atoms with Crippen LogP contribution >= 0.6 is 0 Å². The maximum Gasteiger partial charge on any atom is 0.341 e. The van der Waals surface area contributed by atoms with Gasteiger partial charge in [-0.05, 0) is 18.9 Å². The Hall–Kier alpha value is -3.01. The molecule has 1 aliphatic carbocycles. The molecule has 0 unspecified atom stereocenters. The lowest BCUT2D eigenvalue weighted by Gasteiger charge is -2.21. The predicted molar refractivity (Wildman–Crippen MR) is 98.0 cm³/mol. The predicted octanol–water partition coefficient (Wildman–Crippen LogP) is 1.46. The molecule has 0 bridgehead atoms. The van der Waals surface area contributed by atoms with Gasteiger partial charge in [0.15, 0.2) is 5.82 Å². The summed E-state index contributed by atoms with van der Waals surface area (Å²) in [6, 6.07) is 0.230. The number of rotatable bonds is 4. The van der Waals surface area contributed by atoms with Crippen molar-refractivity contribution in [2.24, 2.45) is 10.9 Å². The zero-order chi connectivity index (χ0) is 20.2. The summed E-state index contributed by atoms with van der Waals surface area (Å²) in [4.78, 5) is 30.0. The fourth-order valence-electron chi connectivity index (χ4n) is 3.62. The molecular weight excluding hydrogens is 374 g/mol. The summed E-state index contributed by atoms with van der Waals surface area (Å²) in [5.41, 5.74) is 4.56. The van der Waals surface area contributed by atoms with E-state index in [1.54, 1.807) is 0 Å². The highest BCUT2D eigenvalue weighted by Crippen LogP contribution is 2.39. The van der Waals surface area contributed by atoms with Crippen LogP contribution in [0.25, 0.3) is 10.9 Å². The van der Waals surface area contributed by atoms with E-state index in [0.29, 0.717) is 5.71 Å². The average molecular weight is 392 g/mol. The molecule has 1 saturated heterocycles. The lowest BCUT2D eigenvalue weighted by molar-refractivity contribution is 0.0695. The number of carbonyl (C=O) groups is 1. The van der Waals surface area contributed by atoms with E-state index in [-0.39, 0.29) is 35.7 Å². The van der Waals surface area contributed by atoms with E-state index in [1.807, 2.05) is 0 Å². The number of carboxylic acid groups (broad SMARTS) is 1. The number of carboxylic acids is 1. The second kappa shape index (κ2) is 6.55. The number of anilines is 1. The van der Waals surface area contributed by atoms with E-state index >= 15 is 4.39 Å². The van der Waals surface area contributed by atoms with Gasteiger partial charge in [-0.25, -0.2) is 13.6 Å². The van der Waals surface area contributed by atoms with Gasteiger partial charge in [0.25, 0.3) is 0 Å². The van der Waals surface area contributed by atoms with Gasteiger partial charge in [-0.3, -0.25) is 4.79 Å². The molecule has 0 radical (unpaired) electrons. The molecule has 2 heterocycles. The van der Waals surface area contributed by atoms with Gasteiger partial charge >= 0.3 is 5.97 Å². The zero-order valence-electron chi connectivity index (χ0n) is 15.0. The Morgan fingerprint density at radius 3 is 2.71 bits per heavy atom. The normalized spacial score (nSPS) is 20.9. The average Bonchev–Trinajstić information content (AvgIpc) is 3.41. The number of halogens is 2. The SMILES string of the molecule is CO/N=C1/CN(c2c(F)cc3c(=O)c(C(=O)O)cn(C4CC4)c3c2F)C[C@H]1N. The molecule has 3 N–H and O–H groups in total. The number of fused-ring (bicyclic) bond motifs is 1. The number of benzene rings is 1. The number of pyridine rings is 1. The Kier molecular flexibility index (Phi) is 4.30. The highest BCUT2D eigenvalue weighted by molar-refractivity contribution is 5.98. The number of aromatic carboxylic acids is 1. The molecule has 148 valence electrons. The van der Waals surface area contributed by atoms with Gasteiger partial charge in [-0.1, -0.05) is 5.16 Å². The van der Waals surface area contributed by atoms with Crippen LogP contribution in [-0.4, -0.2) is 47.6 Å². The highest BCUT2D eigenvalue weighted by atomic mass is 19.1. The molecule has 2 aromatic rings. The number of nitrogens with two attached hydrogens (primary N) is 1. The largest absolute Gasteiger partial charge is 0.477 e. The molecule has 1 aliphatic heterocycles. The quantitative estimate of drug-likeness (QED) is 0.763. The number of aromatic nitrogens is 1. The Labute approximate surface area is 157 Å². The molecule has 1 atom stereocenters. The summed E-state index contributed by atoms with van der Waals surface area (Å²) >= 11 is 0. The maximum absolute atomic E-state index is 15.5. The highest BCUT2D eigenvalue weighted by Gasteiger charge is 2.34. The van der Waals surface area contributed by atoms with Gasteiger partial charge < -0.3 is 25.1 Å². The monoisotopic (exact) mass is 392 g/mol. The van der Waals surface area contributed by atoms with Gasteiger partial charge in [0.2, 0.25) is 5.43 Å². The molecule has 1 aromatic carbocycles. The van der Waals surface area contributed by atoms with Crippen molar-refractivity contribution in [3.05, 3.63) is 39.7 Å². The van der Waals surface area contributed by atoms with Crippen LogP contribution in [0.15, 0.2) is 22.2 Å². The summed E-state index contributed by atoms with van der Waals surface area (Å²) in [5, 5.41) is 12.8. The maximum atomic E-state index is 15.5. The molecule has 4 rings (SSSR count). The molecule has 28 heavy (non-hydrogen) atoms. The van der Waals surface area contributed by atoms with Crippen molar-refractivity contribution in [2.75, 3.05) is 25.1 Å². The summed E-state index contributed by atoms with van der Waals surface area (Å²) in [5.74, 6) is -3.31. The summed E-state index contributed by atoms with van der Waals surface area (Å²) in [6.45, 7) is 0.206. The first-order valence-electron chi connectivity index (χ1n) is 8.74. The smallest absolute Gasteiger partial charge is 0.341 e. The number of oxime groups is 1. The van der Waals surface area contributed by atoms with Crippen molar-refractivity contribution >= 4 is 28.3 Å². The molecule has 1 saturated carbocycles. The fourth-order valence-corrected chi connectivity index (χ4v) is 3.62. The molecule has 0 amide bonds. The minimum Gasteiger partial charge on any atom is -0.477 e. The molecule has 0 spiro atoms. The van der Waals surface area contributed by atoms with Gasteiger partial charge in [0, 0.05) is 18.8 Å². The summed E-state index contributed by atoms with van der Waals surface area (Å²) < 4.78 is 31.8. The number of nitrogens with zero attached hydrogens (tertiary/aromatic N) is 3. The van der Waals surface area contributed by atoms with Gasteiger partial charge in [-0.2, -0.15) is 0 Å². The Bertz CT molecular complexity index is 1080. The summed E-state index contributed by atoms with van der Waals surface area (Å²) in [7, 11) is 1.36. The Balaban J connectivity index is 1.95. The third-order valence-corrected chi connectivity index (χ3v) is 5.08. The van der Waals surface area contributed by atoms with Gasteiger partial charge in [0.1, 0.15) is 24.2 Å². The Morgan fingerprint density at radius 2 is 2.11 bits per heavy atom. The van der Waals surface area contributed by atoms with Crippen LogP contribution in [-0.2, 0) is 4.84 Å². The van der Waals surface area contributed by atoms with Crippen LogP contribution in [0.2, 0.25) is 0 Å². The lowest BCUT2D eigenvalue weighted by atomic mass is 10.1. The second-order valence-electron chi connectivity index (χ2n) is 6.98. The van der Waals surface area contributed by atoms with Crippen LogP contribution in [0, 0.1) is 11.6 Å². The molecular formula is C18H18F2N4O4. The van der Waals surface area contributed by atoms with Gasteiger partial charge in [-0.15, -0.1) is 0 Å². The second-order valence-corrected chi connectivity index (χ2v) is 6.98. The topological polar surface area (TPSA) is 110 Å². The lowest BCUT2D eigenvalue weighted by Crippen LogP contribution is -2.30. The zero-order valence-corrected chi connectivity index (χ0v) is 15.0. The minimum atomic E-state index is -1.43. The van der Waals surface area contributed by atoms with E-state index in [1.165, 1.54) is 16.6 Å². The molecule has 1 aromatic heterocycles. The van der Waals surface area contributed by atoms with Crippen LogP contribution < -0.4 is 16.1 Å². The van der Waals surface area contributed by atoms with Crippen LogP contribution in [0.1, 0.15) is 29.2 Å². The molecule has 2 fully saturated rings. The first-order chi connectivity index (χ1) is 13.3. The minimum absolute atomic E-state index is 0.0786. The molecule has 8 nitrogen and oxygen atoms in total. The first-order valence-corrected chi connectivity index (χ1v) is 8.74. The van der Waals surface area contributed by atoms with Crippen molar-refractivity contribution < 1.29 is 23.5 Å². The third-order valence-electron chi connectivity index (χ3n) is 5.08. The van der Waals surface area contributed by atoms with E-state index in [0.717, 1.165) is 25.1 Å². The fraction of sp³-hybridized carbons (Fsp3) is 0.389. The van der Waals surface area contributed by atoms with E-state index in [2.05, 4.69) is 5.16 Å². The van der Waals surface area contributed by atoms with Crippen LogP contribution in [0.3, 0.4) is 0 Å². The van der Waals surface area contributed by atoms with Crippen LogP contribution in [0.4, 0.5) is 14.5 Å². The van der Waals surface area contributed by atoms with Gasteiger partial charge in [0.05, 0.1) is 29.2 Å². The van der Waals surface area contributed by atoms with Crippen molar-refractivity contribution in [1.29, 1.82) is 0 Å². The van der Waals surface area contributed by atoms with Crippen molar-refractivity contribution in [1.82, 2.24) is 4.57 Å². The Morgan fingerprint density at radius 1 is 1.39 bits per heavy atom. The van der Waals surface area contributed by atoms with Crippen molar-refractivity contribution in [2.45, 2.75) is 24.9 Å². The molecule has 2 aliphatic rings. The van der Waals surface area contributed by atoms with Crippen molar-refractivity contribution in [3.8, 4) is 0 Å². The van der Waals surface area contributed by atoms with E-state index < -0.39 is 34.6 Å². The van der Waals surface area contributed by atoms with Crippen LogP contribution in [0.5, 0.6) is 0 Å². The molecule has 10 heteroatoms. The third kappa shape index (κ3) is 2.80. The standard InChI is InChI=1S/C18H18F2N4O4/c1-28-22-13-7-23(6-12(13)21)16-11(19)4-9-15(14(16)20)24(8-2-3-8)5-10(17(9)25)18(26)27/h4-5,8,12H,2-3,6-7,21H2,1H3,(H,26,27)/b22-13-/t12-/m1/s1. The first kappa shape index (κ1) is 18.4. The summed E-state index contributed by atoms with van der Waals surface area (Å²) in [6.07, 6.45) is 2.59.